The molecule has 1 aromatic carbocycles. The van der Waals surface area contributed by atoms with Crippen LogP contribution in [0.25, 0.3) is 0 Å². The molecule has 0 unspecified atom stereocenters. The Hall–Kier alpha value is -1.92. The number of benzene rings is 1. The Kier molecular flexibility index (Phi) is 7.30. The van der Waals surface area contributed by atoms with Crippen molar-refractivity contribution in [2.75, 3.05) is 39.4 Å². The number of likely N-dealkylation sites (tertiary alicyclic amines) is 1. The predicted molar refractivity (Wildman–Crippen MR) is 113 cm³/mol. The van der Waals surface area contributed by atoms with E-state index in [4.69, 9.17) is 4.74 Å². The van der Waals surface area contributed by atoms with Crippen molar-refractivity contribution in [1.29, 1.82) is 0 Å². The molecule has 3 rings (SSSR count). The standard InChI is InChI=1S/C23H35N3O3/c1-23(2,3)22(28)26-9-7-20(8-10-26)21(27)24-16-18-5-4-6-19(15-18)17-25-11-13-29-14-12-25/h4-6,15,20H,7-14,16-17H2,1-3H3,(H,24,27). The molecule has 0 aromatic heterocycles. The second-order valence-electron chi connectivity index (χ2n) is 9.24. The predicted octanol–water partition coefficient (Wildman–Crippen LogP) is 2.42. The van der Waals surface area contributed by atoms with Gasteiger partial charge in [0.05, 0.1) is 13.2 Å². The molecule has 0 spiro atoms. The first-order valence-corrected chi connectivity index (χ1v) is 10.8. The smallest absolute Gasteiger partial charge is 0.227 e. The first-order chi connectivity index (χ1) is 13.8. The number of carbonyl (C=O) groups excluding carboxylic acids is 2. The molecule has 0 atom stereocenters. The maximum Gasteiger partial charge on any atom is 0.227 e. The maximum atomic E-state index is 12.6. The van der Waals surface area contributed by atoms with Gasteiger partial charge in [0.2, 0.25) is 11.8 Å². The molecule has 6 heteroatoms. The van der Waals surface area contributed by atoms with E-state index in [0.29, 0.717) is 19.6 Å². The van der Waals surface area contributed by atoms with Crippen molar-refractivity contribution in [3.05, 3.63) is 35.4 Å². The van der Waals surface area contributed by atoms with E-state index in [1.54, 1.807) is 0 Å². The lowest BCUT2D eigenvalue weighted by Crippen LogP contribution is -2.46. The lowest BCUT2D eigenvalue weighted by molar-refractivity contribution is -0.142. The summed E-state index contributed by atoms with van der Waals surface area (Å²) in [4.78, 5) is 29.3. The van der Waals surface area contributed by atoms with Gasteiger partial charge in [-0.2, -0.15) is 0 Å². The quantitative estimate of drug-likeness (QED) is 0.823. The summed E-state index contributed by atoms with van der Waals surface area (Å²) in [6.45, 7) is 12.2. The van der Waals surface area contributed by atoms with Gasteiger partial charge in [-0.25, -0.2) is 0 Å². The number of nitrogens with one attached hydrogen (secondary N) is 1. The van der Waals surface area contributed by atoms with Crippen LogP contribution in [0.5, 0.6) is 0 Å². The summed E-state index contributed by atoms with van der Waals surface area (Å²) < 4.78 is 5.41. The Morgan fingerprint density at radius 3 is 2.38 bits per heavy atom. The summed E-state index contributed by atoms with van der Waals surface area (Å²) in [6.07, 6.45) is 1.48. The Morgan fingerprint density at radius 2 is 1.72 bits per heavy atom. The molecule has 0 bridgehead atoms. The number of hydrogen-bond donors (Lipinski definition) is 1. The first-order valence-electron chi connectivity index (χ1n) is 10.8. The van der Waals surface area contributed by atoms with Gasteiger partial charge >= 0.3 is 0 Å². The van der Waals surface area contributed by atoms with Crippen LogP contribution in [0.15, 0.2) is 24.3 Å². The van der Waals surface area contributed by atoms with Crippen molar-refractivity contribution in [1.82, 2.24) is 15.1 Å². The van der Waals surface area contributed by atoms with E-state index in [9.17, 15) is 9.59 Å². The van der Waals surface area contributed by atoms with Crippen molar-refractivity contribution in [2.24, 2.45) is 11.3 Å². The van der Waals surface area contributed by atoms with Crippen LogP contribution in [-0.2, 0) is 27.4 Å². The highest BCUT2D eigenvalue weighted by Gasteiger charge is 2.32. The Balaban J connectivity index is 1.45. The molecule has 6 nitrogen and oxygen atoms in total. The van der Waals surface area contributed by atoms with E-state index >= 15 is 0 Å². The number of rotatable bonds is 5. The van der Waals surface area contributed by atoms with Gasteiger partial charge < -0.3 is 15.0 Å². The fraction of sp³-hybridized carbons (Fsp3) is 0.652. The van der Waals surface area contributed by atoms with Gasteiger partial charge in [-0.1, -0.05) is 45.0 Å². The lowest BCUT2D eigenvalue weighted by Gasteiger charge is -2.35. The summed E-state index contributed by atoms with van der Waals surface area (Å²) in [5.74, 6) is 0.274. The number of piperidine rings is 1. The summed E-state index contributed by atoms with van der Waals surface area (Å²) in [6, 6.07) is 8.45. The minimum Gasteiger partial charge on any atom is -0.379 e. The molecular formula is C23H35N3O3. The Labute approximate surface area is 174 Å². The van der Waals surface area contributed by atoms with Crippen molar-refractivity contribution < 1.29 is 14.3 Å². The highest BCUT2D eigenvalue weighted by molar-refractivity contribution is 5.82. The molecule has 1 N–H and O–H groups in total. The average Bonchev–Trinajstić information content (AvgIpc) is 2.72. The molecule has 2 aliphatic heterocycles. The molecule has 2 amide bonds. The van der Waals surface area contributed by atoms with E-state index in [-0.39, 0.29) is 23.1 Å². The maximum absolute atomic E-state index is 12.6. The van der Waals surface area contributed by atoms with Gasteiger partial charge in [-0.15, -0.1) is 0 Å². The van der Waals surface area contributed by atoms with Crippen molar-refractivity contribution in [3.63, 3.8) is 0 Å². The molecule has 0 aliphatic carbocycles. The van der Waals surface area contributed by atoms with Crippen LogP contribution in [0.1, 0.15) is 44.7 Å². The van der Waals surface area contributed by atoms with Crippen LogP contribution in [0, 0.1) is 11.3 Å². The lowest BCUT2D eigenvalue weighted by atomic mass is 9.90. The SMILES string of the molecule is CC(C)(C)C(=O)N1CCC(C(=O)NCc2cccc(CN3CCOCC3)c2)CC1. The Bertz CT molecular complexity index is 700. The minimum atomic E-state index is -0.360. The highest BCUT2D eigenvalue weighted by Crippen LogP contribution is 2.23. The largest absolute Gasteiger partial charge is 0.379 e. The molecule has 0 radical (unpaired) electrons. The third kappa shape index (κ3) is 6.28. The highest BCUT2D eigenvalue weighted by atomic mass is 16.5. The molecule has 29 heavy (non-hydrogen) atoms. The van der Waals surface area contributed by atoms with Crippen LogP contribution >= 0.6 is 0 Å². The second-order valence-corrected chi connectivity index (χ2v) is 9.24. The molecule has 2 heterocycles. The zero-order valence-electron chi connectivity index (χ0n) is 18.1. The summed E-state index contributed by atoms with van der Waals surface area (Å²) in [7, 11) is 0. The Morgan fingerprint density at radius 1 is 1.07 bits per heavy atom. The molecule has 2 saturated heterocycles. The molecular weight excluding hydrogens is 366 g/mol. The van der Waals surface area contributed by atoms with Crippen molar-refractivity contribution in [2.45, 2.75) is 46.7 Å². The molecule has 1 aromatic rings. The number of morpholine rings is 1. The summed E-state index contributed by atoms with van der Waals surface area (Å²) >= 11 is 0. The van der Waals surface area contributed by atoms with Crippen LogP contribution in [-0.4, -0.2) is 61.0 Å². The van der Waals surface area contributed by atoms with Crippen LogP contribution < -0.4 is 5.32 Å². The number of nitrogens with zero attached hydrogens (tertiary/aromatic N) is 2. The normalized spacial score (nSPS) is 19.2. The van der Waals surface area contributed by atoms with Crippen LogP contribution in [0.2, 0.25) is 0 Å². The van der Waals surface area contributed by atoms with E-state index in [0.717, 1.165) is 51.3 Å². The van der Waals surface area contributed by atoms with Crippen molar-refractivity contribution in [3.8, 4) is 0 Å². The fourth-order valence-electron chi connectivity index (χ4n) is 4.01. The third-order valence-electron chi connectivity index (χ3n) is 5.76. The van der Waals surface area contributed by atoms with Gasteiger partial charge in [0.15, 0.2) is 0 Å². The monoisotopic (exact) mass is 401 g/mol. The summed E-state index contributed by atoms with van der Waals surface area (Å²) in [5.41, 5.74) is 2.04. The number of ether oxygens (including phenoxy) is 1. The molecule has 2 fully saturated rings. The van der Waals surface area contributed by atoms with Gasteiger partial charge in [-0.3, -0.25) is 14.5 Å². The molecule has 0 saturated carbocycles. The van der Waals surface area contributed by atoms with Gasteiger partial charge in [0, 0.05) is 50.6 Å². The zero-order chi connectivity index (χ0) is 20.9. The first kappa shape index (κ1) is 21.8. The van der Waals surface area contributed by atoms with E-state index in [1.807, 2.05) is 25.7 Å². The van der Waals surface area contributed by atoms with Gasteiger partial charge in [0.1, 0.15) is 0 Å². The van der Waals surface area contributed by atoms with E-state index in [2.05, 4.69) is 34.5 Å². The van der Waals surface area contributed by atoms with Gasteiger partial charge in [0.25, 0.3) is 0 Å². The third-order valence-corrected chi connectivity index (χ3v) is 5.76. The van der Waals surface area contributed by atoms with E-state index < -0.39 is 0 Å². The van der Waals surface area contributed by atoms with E-state index in [1.165, 1.54) is 5.56 Å². The topological polar surface area (TPSA) is 61.9 Å². The molecule has 160 valence electrons. The fourth-order valence-corrected chi connectivity index (χ4v) is 4.01. The summed E-state index contributed by atoms with van der Waals surface area (Å²) in [5, 5.41) is 3.10. The minimum absolute atomic E-state index is 0.00412. The molecule has 2 aliphatic rings. The van der Waals surface area contributed by atoms with Gasteiger partial charge in [-0.05, 0) is 24.0 Å². The number of carbonyl (C=O) groups is 2. The number of hydrogen-bond acceptors (Lipinski definition) is 4. The van der Waals surface area contributed by atoms with Crippen LogP contribution in [0.4, 0.5) is 0 Å². The van der Waals surface area contributed by atoms with Crippen molar-refractivity contribution >= 4 is 11.8 Å². The zero-order valence-corrected chi connectivity index (χ0v) is 18.1. The average molecular weight is 402 g/mol. The second kappa shape index (κ2) is 9.72. The number of amides is 2. The van der Waals surface area contributed by atoms with Crippen LogP contribution in [0.3, 0.4) is 0 Å².